The number of aromatic nitrogens is 1. The first-order valence-electron chi connectivity index (χ1n) is 4.83. The Labute approximate surface area is 156 Å². The zero-order chi connectivity index (χ0) is 17.4. The van der Waals surface area contributed by atoms with Gasteiger partial charge < -0.3 is 29.9 Å². The summed E-state index contributed by atoms with van der Waals surface area (Å²) in [5, 5.41) is 27.7. The van der Waals surface area contributed by atoms with Gasteiger partial charge in [-0.2, -0.15) is 0 Å². The van der Waals surface area contributed by atoms with Gasteiger partial charge in [0, 0.05) is 18.0 Å². The van der Waals surface area contributed by atoms with Crippen LogP contribution in [0.1, 0.15) is 13.8 Å². The summed E-state index contributed by atoms with van der Waals surface area (Å²) in [7, 11) is 14.8. The summed E-state index contributed by atoms with van der Waals surface area (Å²) in [4.78, 5) is 30.7. The predicted molar refractivity (Wildman–Crippen MR) is 75.6 cm³/mol. The Morgan fingerprint density at radius 1 is 1.14 bits per heavy atom. The van der Waals surface area contributed by atoms with Crippen LogP contribution in [-0.4, -0.2) is 33.2 Å². The van der Waals surface area contributed by atoms with E-state index in [0.29, 0.717) is 0 Å². The minimum atomic E-state index is -1.72. The van der Waals surface area contributed by atoms with Crippen molar-refractivity contribution in [3.63, 3.8) is 0 Å². The molecule has 13 heteroatoms. The van der Waals surface area contributed by atoms with Crippen molar-refractivity contribution in [3.8, 4) is 0 Å². The molecule has 0 aliphatic carbocycles. The number of pyridine rings is 1. The summed E-state index contributed by atoms with van der Waals surface area (Å²) in [6.07, 6.45) is 1.39. The van der Waals surface area contributed by atoms with Crippen molar-refractivity contribution in [2.75, 3.05) is 0 Å². The number of rotatable bonds is 1. The molecular formula is C9H10AlCl3N2O6Zn. The molecule has 0 aromatic carbocycles. The van der Waals surface area contributed by atoms with Gasteiger partial charge in [0.05, 0.1) is 0 Å². The van der Waals surface area contributed by atoms with Crippen molar-refractivity contribution in [1.29, 1.82) is 0 Å². The van der Waals surface area contributed by atoms with Crippen molar-refractivity contribution >= 4 is 59.3 Å². The fourth-order valence-electron chi connectivity index (χ4n) is 0.462. The van der Waals surface area contributed by atoms with Crippen LogP contribution in [0.25, 0.3) is 0 Å². The molecule has 8 nitrogen and oxygen atoms in total. The number of nitrogens with zero attached hydrogens (tertiary/aromatic N) is 2. The zero-order valence-corrected chi connectivity index (χ0v) is 18.0. The maximum Gasteiger partial charge on any atom is 2.00 e. The van der Waals surface area contributed by atoms with E-state index in [1.54, 1.807) is 12.1 Å². The summed E-state index contributed by atoms with van der Waals surface area (Å²) < 4.78 is 0. The number of carboxylic acids is 2. The molecular weight excluding hydrogens is 431 g/mol. The minimum absolute atomic E-state index is 0. The number of nitro groups is 1. The molecule has 22 heavy (non-hydrogen) atoms. The molecule has 0 atom stereocenters. The molecule has 0 N–H and O–H groups in total. The van der Waals surface area contributed by atoms with Crippen LogP contribution in [0, 0.1) is 10.1 Å². The Morgan fingerprint density at radius 2 is 1.45 bits per heavy atom. The second-order valence-electron chi connectivity index (χ2n) is 2.68. The molecule has 0 aliphatic heterocycles. The van der Waals surface area contributed by atoms with Gasteiger partial charge in [0.15, 0.2) is 0 Å². The fraction of sp³-hybridized carbons (Fsp3) is 0.222. The third-order valence-electron chi connectivity index (χ3n) is 0.836. The number of carboxylic acid groups (broad SMARTS) is 2. The Kier molecular flexibility index (Phi) is 27.5. The van der Waals surface area contributed by atoms with Crippen LogP contribution >= 0.6 is 30.1 Å². The van der Waals surface area contributed by atoms with Gasteiger partial charge in [0.2, 0.25) is 0 Å². The van der Waals surface area contributed by atoms with Crippen LogP contribution in [0.4, 0.5) is 5.82 Å². The maximum atomic E-state index is 9.94. The Bertz CT molecular complexity index is 404. The summed E-state index contributed by atoms with van der Waals surface area (Å²) >= 11 is -1.72. The van der Waals surface area contributed by atoms with Crippen LogP contribution < -0.4 is 10.2 Å². The molecule has 0 unspecified atom stereocenters. The van der Waals surface area contributed by atoms with Gasteiger partial charge in [-0.1, -0.05) is 6.07 Å². The average Bonchev–Trinajstić information content (AvgIpc) is 2.27. The Balaban J connectivity index is -0.000000107. The quantitative estimate of drug-likeness (QED) is 0.345. The third kappa shape index (κ3) is 50.5. The third-order valence-corrected chi connectivity index (χ3v) is 0.836. The first-order chi connectivity index (χ1) is 9.50. The molecule has 0 saturated carbocycles. The van der Waals surface area contributed by atoms with Crippen LogP contribution in [-0.2, 0) is 29.1 Å². The van der Waals surface area contributed by atoms with Crippen LogP contribution in [0.15, 0.2) is 24.4 Å². The summed E-state index contributed by atoms with van der Waals surface area (Å²) in [6, 6.07) is 4.55. The molecule has 1 aromatic heterocycles. The molecule has 0 amide bonds. The van der Waals surface area contributed by atoms with Gasteiger partial charge in [-0.15, -0.1) is 0 Å². The average molecular weight is 441 g/mol. The van der Waals surface area contributed by atoms with E-state index >= 15 is 0 Å². The molecule has 0 bridgehead atoms. The van der Waals surface area contributed by atoms with Gasteiger partial charge >= 0.3 is 36.7 Å². The summed E-state index contributed by atoms with van der Waals surface area (Å²) in [5.41, 5.74) is 0. The largest absolute Gasteiger partial charge is 2.00 e. The van der Waals surface area contributed by atoms with Gasteiger partial charge in [0.25, 0.3) is 0 Å². The number of carbonyl (C=O) groups excluding carboxylic acids is 2. The van der Waals surface area contributed by atoms with E-state index in [2.05, 4.69) is 4.98 Å². The predicted octanol–water partition coefficient (Wildman–Crippen LogP) is 0.187. The second kappa shape index (κ2) is 20.5. The number of halogens is 3. The first-order valence-corrected chi connectivity index (χ1v) is 10.1. The topological polar surface area (TPSA) is 136 Å². The number of aliphatic carboxylic acids is 2. The van der Waals surface area contributed by atoms with Crippen LogP contribution in [0.5, 0.6) is 0 Å². The van der Waals surface area contributed by atoms with Crippen molar-refractivity contribution in [2.45, 2.75) is 13.8 Å². The number of carbonyl (C=O) groups is 2. The van der Waals surface area contributed by atoms with E-state index in [9.17, 15) is 10.1 Å². The second-order valence-corrected chi connectivity index (χ2v) is 9.11. The van der Waals surface area contributed by atoms with Gasteiger partial charge in [-0.05, 0) is 29.8 Å². The molecule has 0 spiro atoms. The standard InChI is InChI=1S/C5H4N2O2.2C2H4O2.Al.3ClH.Zn/c8-7(9)5-3-1-2-4-6-5;2*1-2(3)4;;;;;/h1-4H;2*1H3,(H,3,4);;3*1H;/q;;;+3;;;;+2/p-5. The Hall–Kier alpha value is -0.484. The molecule has 1 heterocycles. The molecule has 0 saturated heterocycles. The molecule has 0 aliphatic rings. The molecule has 0 fully saturated rings. The molecule has 118 valence electrons. The van der Waals surface area contributed by atoms with E-state index in [-0.39, 0.29) is 25.3 Å². The SMILES string of the molecule is CC(=O)[O-].CC(=O)[O-].O=[N+]([O-])c1ccccn1.[Cl][Al]([Cl])[Cl].[Zn+2]. The van der Waals surface area contributed by atoms with Crippen LogP contribution in [0.3, 0.4) is 0 Å². The first kappa shape index (κ1) is 29.5. The fourth-order valence-corrected chi connectivity index (χ4v) is 0.462. The van der Waals surface area contributed by atoms with E-state index in [1.165, 1.54) is 12.3 Å². The number of hydrogen-bond donors (Lipinski definition) is 0. The summed E-state index contributed by atoms with van der Waals surface area (Å²) in [5.74, 6) is -2.28. The van der Waals surface area contributed by atoms with E-state index < -0.39 is 28.2 Å². The van der Waals surface area contributed by atoms with Crippen LogP contribution in [0.2, 0.25) is 0 Å². The van der Waals surface area contributed by atoms with Gasteiger partial charge in [-0.25, -0.2) is 30.1 Å². The monoisotopic (exact) mass is 438 g/mol. The van der Waals surface area contributed by atoms with Crippen molar-refractivity contribution < 1.29 is 44.2 Å². The number of hydrogen-bond acceptors (Lipinski definition) is 7. The van der Waals surface area contributed by atoms with Crippen molar-refractivity contribution in [1.82, 2.24) is 4.98 Å². The smallest absolute Gasteiger partial charge is 0.550 e. The Morgan fingerprint density at radius 3 is 1.59 bits per heavy atom. The van der Waals surface area contributed by atoms with Crippen molar-refractivity contribution in [2.24, 2.45) is 0 Å². The van der Waals surface area contributed by atoms with Gasteiger partial charge in [0.1, 0.15) is 6.20 Å². The molecule has 0 radical (unpaired) electrons. The van der Waals surface area contributed by atoms with E-state index in [1.807, 2.05) is 0 Å². The zero-order valence-electron chi connectivity index (χ0n) is 11.6. The summed E-state index contributed by atoms with van der Waals surface area (Å²) in [6.45, 7) is 1.94. The van der Waals surface area contributed by atoms with Gasteiger partial charge in [-0.3, -0.25) is 0 Å². The molecule has 1 rings (SSSR count). The maximum absolute atomic E-state index is 9.94. The van der Waals surface area contributed by atoms with Crippen molar-refractivity contribution in [3.05, 3.63) is 34.5 Å². The molecule has 1 aromatic rings. The van der Waals surface area contributed by atoms with E-state index in [4.69, 9.17) is 49.9 Å². The minimum Gasteiger partial charge on any atom is -0.550 e. The normalized spacial score (nSPS) is 7.14. The van der Waals surface area contributed by atoms with E-state index in [0.717, 1.165) is 13.8 Å².